The smallest absolute Gasteiger partial charge is 0.0767 e. The van der Waals surface area contributed by atoms with Gasteiger partial charge < -0.3 is 5.11 Å². The maximum Gasteiger partial charge on any atom is 0.0767 e. The van der Waals surface area contributed by atoms with E-state index >= 15 is 0 Å². The number of aliphatic hydroxyl groups is 1. The molecule has 0 heterocycles. The van der Waals surface area contributed by atoms with Crippen molar-refractivity contribution >= 4 is 5.57 Å². The van der Waals surface area contributed by atoms with Crippen LogP contribution in [0.2, 0.25) is 0 Å². The lowest BCUT2D eigenvalue weighted by Crippen LogP contribution is -2.00. The Morgan fingerprint density at radius 3 is 2.67 bits per heavy atom. The Balaban J connectivity index is 2.38. The first kappa shape index (κ1) is 10.4. The van der Waals surface area contributed by atoms with Gasteiger partial charge in [0.05, 0.1) is 6.10 Å². The second-order valence-corrected chi connectivity index (χ2v) is 4.24. The summed E-state index contributed by atoms with van der Waals surface area (Å²) in [5.74, 6) is 0. The van der Waals surface area contributed by atoms with Gasteiger partial charge >= 0.3 is 0 Å². The van der Waals surface area contributed by atoms with Gasteiger partial charge in [-0.05, 0) is 49.3 Å². The number of rotatable bonds is 2. The number of hydrogen-bond acceptors (Lipinski definition) is 1. The molecule has 1 nitrogen and oxygen atoms in total. The van der Waals surface area contributed by atoms with Gasteiger partial charge in [0.25, 0.3) is 0 Å². The molecule has 0 aliphatic heterocycles. The summed E-state index contributed by atoms with van der Waals surface area (Å²) in [5.41, 5.74) is 3.72. The lowest BCUT2D eigenvalue weighted by molar-refractivity contribution is 0.199. The van der Waals surface area contributed by atoms with Crippen molar-refractivity contribution in [2.45, 2.75) is 38.7 Å². The molecule has 1 aromatic rings. The van der Waals surface area contributed by atoms with E-state index in [2.05, 4.69) is 18.2 Å². The van der Waals surface area contributed by atoms with E-state index in [4.69, 9.17) is 0 Å². The van der Waals surface area contributed by atoms with E-state index < -0.39 is 0 Å². The first-order chi connectivity index (χ1) is 7.29. The Morgan fingerprint density at radius 1 is 1.20 bits per heavy atom. The monoisotopic (exact) mass is 202 g/mol. The highest BCUT2D eigenvalue weighted by Crippen LogP contribution is 2.31. The molecule has 0 bridgehead atoms. The molecule has 1 unspecified atom stereocenters. The third kappa shape index (κ3) is 2.29. The van der Waals surface area contributed by atoms with Crippen molar-refractivity contribution < 1.29 is 5.11 Å². The van der Waals surface area contributed by atoms with Gasteiger partial charge in [-0.25, -0.2) is 0 Å². The quantitative estimate of drug-likeness (QED) is 0.775. The predicted octanol–water partition coefficient (Wildman–Crippen LogP) is 3.70. The molecule has 15 heavy (non-hydrogen) atoms. The van der Waals surface area contributed by atoms with Gasteiger partial charge in [-0.3, -0.25) is 0 Å². The fraction of sp³-hybridized carbons (Fsp3) is 0.429. The van der Waals surface area contributed by atoms with Crippen molar-refractivity contribution in [3.8, 4) is 0 Å². The maximum absolute atomic E-state index is 9.71. The largest absolute Gasteiger partial charge is 0.389 e. The molecule has 1 N–H and O–H groups in total. The third-order valence-electron chi connectivity index (χ3n) is 3.05. The van der Waals surface area contributed by atoms with E-state index in [-0.39, 0.29) is 6.10 Å². The van der Waals surface area contributed by atoms with Crippen molar-refractivity contribution in [2.75, 3.05) is 0 Å². The van der Waals surface area contributed by atoms with Crippen LogP contribution in [0.15, 0.2) is 30.3 Å². The van der Waals surface area contributed by atoms with E-state index in [9.17, 15) is 5.11 Å². The summed E-state index contributed by atoms with van der Waals surface area (Å²) in [7, 11) is 0. The average Bonchev–Trinajstić information content (AvgIpc) is 2.30. The van der Waals surface area contributed by atoms with Crippen LogP contribution in [0, 0.1) is 0 Å². The zero-order chi connectivity index (χ0) is 10.7. The van der Waals surface area contributed by atoms with Gasteiger partial charge in [0, 0.05) is 0 Å². The second-order valence-electron chi connectivity index (χ2n) is 4.24. The van der Waals surface area contributed by atoms with E-state index in [0.717, 1.165) is 12.0 Å². The van der Waals surface area contributed by atoms with Crippen molar-refractivity contribution in [3.63, 3.8) is 0 Å². The molecule has 1 heteroatoms. The van der Waals surface area contributed by atoms with Crippen molar-refractivity contribution in [2.24, 2.45) is 0 Å². The van der Waals surface area contributed by atoms with Gasteiger partial charge in [-0.2, -0.15) is 0 Å². The number of hydrogen-bond donors (Lipinski definition) is 1. The zero-order valence-electron chi connectivity index (χ0n) is 9.24. The average molecular weight is 202 g/mol. The molecular formula is C14H18O. The molecular weight excluding hydrogens is 184 g/mol. The first-order valence-electron chi connectivity index (χ1n) is 5.75. The highest BCUT2D eigenvalue weighted by atomic mass is 16.3. The van der Waals surface area contributed by atoms with Crippen molar-refractivity contribution in [1.82, 2.24) is 0 Å². The van der Waals surface area contributed by atoms with Crippen LogP contribution in [-0.4, -0.2) is 5.11 Å². The molecule has 0 fully saturated rings. The van der Waals surface area contributed by atoms with Crippen molar-refractivity contribution in [1.29, 1.82) is 0 Å². The lowest BCUT2D eigenvalue weighted by Gasteiger charge is -2.17. The molecule has 0 amide bonds. The fourth-order valence-corrected chi connectivity index (χ4v) is 2.24. The van der Waals surface area contributed by atoms with Gasteiger partial charge in [0.2, 0.25) is 0 Å². The van der Waals surface area contributed by atoms with Gasteiger partial charge in [0.1, 0.15) is 0 Å². The fourth-order valence-electron chi connectivity index (χ4n) is 2.24. The second kappa shape index (κ2) is 4.63. The third-order valence-corrected chi connectivity index (χ3v) is 3.05. The summed E-state index contributed by atoms with van der Waals surface area (Å²) >= 11 is 0. The maximum atomic E-state index is 9.71. The molecule has 1 aromatic carbocycles. The molecule has 2 rings (SSSR count). The van der Waals surface area contributed by atoms with Crippen LogP contribution < -0.4 is 0 Å². The van der Waals surface area contributed by atoms with Crippen LogP contribution >= 0.6 is 0 Å². The highest BCUT2D eigenvalue weighted by molar-refractivity contribution is 5.69. The molecule has 0 aromatic heterocycles. The summed E-state index contributed by atoms with van der Waals surface area (Å²) in [6.07, 6.45) is 6.88. The van der Waals surface area contributed by atoms with Crippen LogP contribution in [0.4, 0.5) is 0 Å². The summed E-state index contributed by atoms with van der Waals surface area (Å²) < 4.78 is 0. The van der Waals surface area contributed by atoms with E-state index in [0.29, 0.717) is 0 Å². The zero-order valence-corrected chi connectivity index (χ0v) is 9.24. The molecule has 0 radical (unpaired) electrons. The standard InChI is InChI=1S/C14H18O/c1-11(15)13-9-5-6-10-14(13)12-7-3-2-4-8-12/h5-7,9-11,15H,2-4,8H2,1H3. The SMILES string of the molecule is CC(O)c1ccccc1C1=CCCCC1. The predicted molar refractivity (Wildman–Crippen MR) is 63.5 cm³/mol. The number of allylic oxidation sites excluding steroid dienone is 2. The highest BCUT2D eigenvalue weighted by Gasteiger charge is 2.12. The molecule has 0 saturated carbocycles. The minimum atomic E-state index is -0.371. The molecule has 0 spiro atoms. The Labute approximate surface area is 91.4 Å². The van der Waals surface area contributed by atoms with Crippen LogP contribution in [0.1, 0.15) is 49.8 Å². The van der Waals surface area contributed by atoms with E-state index in [1.807, 2.05) is 19.1 Å². The number of aliphatic hydroxyl groups excluding tert-OH is 1. The lowest BCUT2D eigenvalue weighted by atomic mass is 9.89. The van der Waals surface area contributed by atoms with Crippen LogP contribution in [0.5, 0.6) is 0 Å². The Bertz CT molecular complexity index is 363. The van der Waals surface area contributed by atoms with Crippen LogP contribution in [0.25, 0.3) is 5.57 Å². The molecule has 80 valence electrons. The first-order valence-corrected chi connectivity index (χ1v) is 5.75. The summed E-state index contributed by atoms with van der Waals surface area (Å²) in [6, 6.07) is 8.19. The molecule has 1 aliphatic rings. The molecule has 1 atom stereocenters. The summed E-state index contributed by atoms with van der Waals surface area (Å²) in [4.78, 5) is 0. The van der Waals surface area contributed by atoms with Crippen LogP contribution in [0.3, 0.4) is 0 Å². The normalized spacial score (nSPS) is 18.4. The van der Waals surface area contributed by atoms with E-state index in [1.54, 1.807) is 0 Å². The Kier molecular flexibility index (Phi) is 3.22. The Morgan fingerprint density at radius 2 is 2.00 bits per heavy atom. The topological polar surface area (TPSA) is 20.2 Å². The van der Waals surface area contributed by atoms with E-state index in [1.165, 1.54) is 30.4 Å². The molecule has 0 saturated heterocycles. The minimum Gasteiger partial charge on any atom is -0.389 e. The van der Waals surface area contributed by atoms with Gasteiger partial charge in [0.15, 0.2) is 0 Å². The van der Waals surface area contributed by atoms with Gasteiger partial charge in [-0.15, -0.1) is 0 Å². The number of benzene rings is 1. The minimum absolute atomic E-state index is 0.371. The van der Waals surface area contributed by atoms with Gasteiger partial charge in [-0.1, -0.05) is 30.3 Å². The van der Waals surface area contributed by atoms with Crippen molar-refractivity contribution in [3.05, 3.63) is 41.5 Å². The summed E-state index contributed by atoms with van der Waals surface area (Å²) in [6.45, 7) is 1.84. The Hall–Kier alpha value is -1.08. The van der Waals surface area contributed by atoms with Crippen LogP contribution in [-0.2, 0) is 0 Å². The summed E-state index contributed by atoms with van der Waals surface area (Å²) in [5, 5.41) is 9.71. The molecule has 1 aliphatic carbocycles.